The zero-order valence-electron chi connectivity index (χ0n) is 9.91. The minimum Gasteiger partial charge on any atom is -0.387 e. The molecule has 0 aromatic carbocycles. The van der Waals surface area contributed by atoms with Crippen molar-refractivity contribution >= 4 is 17.2 Å². The molecular weight excluding hydrogens is 216 g/mol. The third-order valence-electron chi connectivity index (χ3n) is 3.26. The first-order valence-corrected chi connectivity index (χ1v) is 6.98. The maximum absolute atomic E-state index is 6.02. The van der Waals surface area contributed by atoms with Gasteiger partial charge in [0.05, 0.1) is 12.4 Å². The van der Waals surface area contributed by atoms with Crippen molar-refractivity contribution in [3.05, 3.63) is 21.9 Å². The SMILES string of the molecule is CCc1ccc(CN=C(N)C2CCCC2)s1. The van der Waals surface area contributed by atoms with E-state index in [2.05, 4.69) is 24.0 Å². The molecule has 2 nitrogen and oxygen atoms in total. The predicted molar refractivity (Wildman–Crippen MR) is 71.0 cm³/mol. The number of aryl methyl sites for hydroxylation is 1. The lowest BCUT2D eigenvalue weighted by molar-refractivity contribution is 0.716. The fourth-order valence-corrected chi connectivity index (χ4v) is 3.10. The summed E-state index contributed by atoms with van der Waals surface area (Å²) in [6.07, 6.45) is 6.23. The first-order chi connectivity index (χ1) is 7.79. The van der Waals surface area contributed by atoms with Gasteiger partial charge in [-0.2, -0.15) is 0 Å². The minimum atomic E-state index is 0.561. The van der Waals surface area contributed by atoms with E-state index in [0.29, 0.717) is 5.92 Å². The van der Waals surface area contributed by atoms with Gasteiger partial charge in [0, 0.05) is 15.7 Å². The third kappa shape index (κ3) is 2.85. The Hall–Kier alpha value is -0.830. The van der Waals surface area contributed by atoms with Crippen LogP contribution in [0.3, 0.4) is 0 Å². The van der Waals surface area contributed by atoms with Crippen LogP contribution in [-0.4, -0.2) is 5.84 Å². The van der Waals surface area contributed by atoms with Crippen LogP contribution in [0.2, 0.25) is 0 Å². The van der Waals surface area contributed by atoms with E-state index in [1.54, 1.807) is 0 Å². The van der Waals surface area contributed by atoms with Crippen LogP contribution in [0.25, 0.3) is 0 Å². The molecule has 1 aromatic rings. The van der Waals surface area contributed by atoms with Crippen molar-refractivity contribution < 1.29 is 0 Å². The molecule has 1 aromatic heterocycles. The van der Waals surface area contributed by atoms with Crippen molar-refractivity contribution in [1.29, 1.82) is 0 Å². The van der Waals surface area contributed by atoms with Gasteiger partial charge in [-0.15, -0.1) is 11.3 Å². The van der Waals surface area contributed by atoms with Crippen LogP contribution >= 0.6 is 11.3 Å². The van der Waals surface area contributed by atoms with E-state index in [4.69, 9.17) is 5.73 Å². The van der Waals surface area contributed by atoms with Crippen LogP contribution in [0.4, 0.5) is 0 Å². The van der Waals surface area contributed by atoms with Gasteiger partial charge in [-0.05, 0) is 31.4 Å². The van der Waals surface area contributed by atoms with Crippen LogP contribution in [-0.2, 0) is 13.0 Å². The molecule has 2 N–H and O–H groups in total. The second-order valence-electron chi connectivity index (χ2n) is 4.44. The van der Waals surface area contributed by atoms with Gasteiger partial charge in [-0.25, -0.2) is 0 Å². The number of hydrogen-bond acceptors (Lipinski definition) is 2. The molecule has 1 saturated carbocycles. The maximum Gasteiger partial charge on any atom is 0.0972 e. The summed E-state index contributed by atoms with van der Waals surface area (Å²) >= 11 is 1.85. The van der Waals surface area contributed by atoms with Gasteiger partial charge in [0.25, 0.3) is 0 Å². The summed E-state index contributed by atoms with van der Waals surface area (Å²) in [7, 11) is 0. The van der Waals surface area contributed by atoms with E-state index < -0.39 is 0 Å². The maximum atomic E-state index is 6.02. The Kier molecular flexibility index (Phi) is 3.99. The summed E-state index contributed by atoms with van der Waals surface area (Å²) in [4.78, 5) is 7.30. The van der Waals surface area contributed by atoms with Gasteiger partial charge < -0.3 is 5.73 Å². The third-order valence-corrected chi connectivity index (χ3v) is 4.47. The molecule has 16 heavy (non-hydrogen) atoms. The average molecular weight is 236 g/mol. The molecule has 1 fully saturated rings. The summed E-state index contributed by atoms with van der Waals surface area (Å²) in [5.74, 6) is 1.44. The lowest BCUT2D eigenvalue weighted by atomic mass is 10.1. The Morgan fingerprint density at radius 2 is 2.06 bits per heavy atom. The number of rotatable bonds is 4. The summed E-state index contributed by atoms with van der Waals surface area (Å²) in [6, 6.07) is 4.37. The summed E-state index contributed by atoms with van der Waals surface area (Å²) in [5, 5.41) is 0. The second kappa shape index (κ2) is 5.48. The van der Waals surface area contributed by atoms with E-state index in [1.807, 2.05) is 11.3 Å². The number of aliphatic imine (C=N–C) groups is 1. The Bertz CT molecular complexity index is 362. The molecule has 3 heteroatoms. The molecule has 1 aliphatic carbocycles. The van der Waals surface area contributed by atoms with Gasteiger partial charge in [0.2, 0.25) is 0 Å². The van der Waals surface area contributed by atoms with Crippen molar-refractivity contribution in [2.45, 2.75) is 45.6 Å². The molecule has 0 amide bonds. The molecular formula is C13H20N2S. The molecule has 0 radical (unpaired) electrons. The van der Waals surface area contributed by atoms with E-state index >= 15 is 0 Å². The molecule has 0 saturated heterocycles. The summed E-state index contributed by atoms with van der Waals surface area (Å²) in [5.41, 5.74) is 6.02. The minimum absolute atomic E-state index is 0.561. The molecule has 0 aliphatic heterocycles. The van der Waals surface area contributed by atoms with Crippen molar-refractivity contribution in [2.24, 2.45) is 16.6 Å². The highest BCUT2D eigenvalue weighted by molar-refractivity contribution is 7.11. The number of nitrogens with two attached hydrogens (primary N) is 1. The molecule has 88 valence electrons. The van der Waals surface area contributed by atoms with Crippen LogP contribution in [0, 0.1) is 5.92 Å². The van der Waals surface area contributed by atoms with Crippen molar-refractivity contribution in [3.8, 4) is 0 Å². The number of nitrogens with zero attached hydrogens (tertiary/aromatic N) is 1. The normalized spacial score (nSPS) is 18.2. The second-order valence-corrected chi connectivity index (χ2v) is 5.70. The van der Waals surface area contributed by atoms with Crippen molar-refractivity contribution in [3.63, 3.8) is 0 Å². The number of hydrogen-bond donors (Lipinski definition) is 1. The molecule has 0 spiro atoms. The van der Waals surface area contributed by atoms with Gasteiger partial charge >= 0.3 is 0 Å². The lowest BCUT2D eigenvalue weighted by Gasteiger charge is -2.07. The predicted octanol–water partition coefficient (Wildman–Crippen LogP) is 3.36. The summed E-state index contributed by atoms with van der Waals surface area (Å²) < 4.78 is 0. The first-order valence-electron chi connectivity index (χ1n) is 6.17. The van der Waals surface area contributed by atoms with E-state index in [1.165, 1.54) is 35.4 Å². The Balaban J connectivity index is 1.91. The van der Waals surface area contributed by atoms with Crippen molar-refractivity contribution in [2.75, 3.05) is 0 Å². The average Bonchev–Trinajstić information content (AvgIpc) is 2.96. The van der Waals surface area contributed by atoms with Gasteiger partial charge in [-0.1, -0.05) is 19.8 Å². The van der Waals surface area contributed by atoms with Crippen LogP contribution in [0.5, 0.6) is 0 Å². The smallest absolute Gasteiger partial charge is 0.0972 e. The topological polar surface area (TPSA) is 38.4 Å². The standard InChI is InChI=1S/C13H20N2S/c1-2-11-7-8-12(16-11)9-15-13(14)10-5-3-4-6-10/h7-8,10H,2-6,9H2,1H3,(H2,14,15). The van der Waals surface area contributed by atoms with E-state index in [9.17, 15) is 0 Å². The van der Waals surface area contributed by atoms with Gasteiger partial charge in [-0.3, -0.25) is 4.99 Å². The molecule has 1 aliphatic rings. The number of thiophene rings is 1. The fraction of sp³-hybridized carbons (Fsp3) is 0.615. The zero-order chi connectivity index (χ0) is 11.4. The van der Waals surface area contributed by atoms with Gasteiger partial charge in [0.1, 0.15) is 0 Å². The largest absolute Gasteiger partial charge is 0.387 e. The quantitative estimate of drug-likeness (QED) is 0.632. The summed E-state index contributed by atoms with van der Waals surface area (Å²) in [6.45, 7) is 2.96. The van der Waals surface area contributed by atoms with E-state index in [0.717, 1.165) is 18.8 Å². The number of amidine groups is 1. The lowest BCUT2D eigenvalue weighted by Crippen LogP contribution is -2.21. The van der Waals surface area contributed by atoms with E-state index in [-0.39, 0.29) is 0 Å². The molecule has 0 atom stereocenters. The first kappa shape index (κ1) is 11.6. The van der Waals surface area contributed by atoms with Crippen LogP contribution in [0.15, 0.2) is 17.1 Å². The molecule has 0 unspecified atom stereocenters. The molecule has 1 heterocycles. The highest BCUT2D eigenvalue weighted by Gasteiger charge is 2.18. The highest BCUT2D eigenvalue weighted by atomic mass is 32.1. The Labute approximate surface area is 102 Å². The van der Waals surface area contributed by atoms with Crippen molar-refractivity contribution in [1.82, 2.24) is 0 Å². The molecule has 2 rings (SSSR count). The monoisotopic (exact) mass is 236 g/mol. The zero-order valence-corrected chi connectivity index (χ0v) is 10.7. The Morgan fingerprint density at radius 1 is 1.38 bits per heavy atom. The molecule has 0 bridgehead atoms. The Morgan fingerprint density at radius 3 is 2.69 bits per heavy atom. The van der Waals surface area contributed by atoms with Crippen LogP contribution in [0.1, 0.15) is 42.4 Å². The fourth-order valence-electron chi connectivity index (χ4n) is 2.22. The van der Waals surface area contributed by atoms with Crippen LogP contribution < -0.4 is 5.73 Å². The van der Waals surface area contributed by atoms with Gasteiger partial charge in [0.15, 0.2) is 0 Å². The highest BCUT2D eigenvalue weighted by Crippen LogP contribution is 2.25.